The van der Waals surface area contributed by atoms with Crippen LogP contribution in [0.15, 0.2) is 47.6 Å². The Balaban J connectivity index is 1.82. The lowest BCUT2D eigenvalue weighted by molar-refractivity contribution is 0.478. The molecule has 1 saturated carbocycles. The number of hydrogen-bond acceptors (Lipinski definition) is 3. The molecule has 2 aromatic rings. The normalized spacial score (nSPS) is 22.5. The molecule has 1 aromatic carbocycles. The van der Waals surface area contributed by atoms with Crippen LogP contribution in [0.3, 0.4) is 0 Å². The summed E-state index contributed by atoms with van der Waals surface area (Å²) in [5.41, 5.74) is 1.14. The lowest BCUT2D eigenvalue weighted by atomic mass is 9.88. The second kappa shape index (κ2) is 6.01. The molecule has 1 heterocycles. The van der Waals surface area contributed by atoms with Crippen molar-refractivity contribution in [3.05, 3.63) is 48.2 Å². The molecule has 1 N–H and O–H groups in total. The summed E-state index contributed by atoms with van der Waals surface area (Å²) in [5, 5.41) is 4.36. The largest absolute Gasteiger partial charge is 0.257 e. The Morgan fingerprint density at radius 1 is 1.21 bits per heavy atom. The zero-order valence-electron chi connectivity index (χ0n) is 14.5. The van der Waals surface area contributed by atoms with Crippen molar-refractivity contribution in [3.8, 4) is 0 Å². The van der Waals surface area contributed by atoms with Gasteiger partial charge in [0.1, 0.15) is 0 Å². The zero-order valence-corrected chi connectivity index (χ0v) is 15.3. The number of hydrogen-bond donors (Lipinski definition) is 1. The molecule has 1 atom stereocenters. The topological polar surface area (TPSA) is 64.0 Å². The van der Waals surface area contributed by atoms with E-state index >= 15 is 0 Å². The molecule has 24 heavy (non-hydrogen) atoms. The number of rotatable bonds is 7. The van der Waals surface area contributed by atoms with Crippen molar-refractivity contribution in [1.82, 2.24) is 14.5 Å². The first-order valence-electron chi connectivity index (χ1n) is 8.39. The van der Waals surface area contributed by atoms with Crippen LogP contribution in [-0.2, 0) is 22.0 Å². The highest BCUT2D eigenvalue weighted by Gasteiger charge is 2.61. The van der Waals surface area contributed by atoms with E-state index in [1.54, 1.807) is 10.7 Å². The Kier molecular flexibility index (Phi) is 4.30. The van der Waals surface area contributed by atoms with Gasteiger partial charge in [0.05, 0.1) is 6.20 Å². The smallest absolute Gasteiger partial charge is 0.253 e. The zero-order chi connectivity index (χ0) is 17.4. The summed E-state index contributed by atoms with van der Waals surface area (Å²) < 4.78 is 29.8. The fraction of sp³-hybridized carbons (Fsp3) is 0.500. The molecule has 5 nitrogen and oxygen atoms in total. The quantitative estimate of drug-likeness (QED) is 0.837. The molecule has 0 aliphatic heterocycles. The summed E-state index contributed by atoms with van der Waals surface area (Å²) in [5.74, 6) is 0. The summed E-state index contributed by atoms with van der Waals surface area (Å²) in [6, 6.07) is 11.7. The Bertz CT molecular complexity index is 812. The minimum atomic E-state index is -3.57. The van der Waals surface area contributed by atoms with E-state index in [0.717, 1.165) is 12.8 Å². The number of aryl methyl sites for hydroxylation is 1. The van der Waals surface area contributed by atoms with Gasteiger partial charge in [-0.3, -0.25) is 4.68 Å². The molecular formula is C18H25N3O2S. The number of nitrogens with zero attached hydrogens (tertiary/aromatic N) is 2. The Morgan fingerprint density at radius 2 is 1.88 bits per heavy atom. The van der Waals surface area contributed by atoms with E-state index in [1.165, 1.54) is 11.8 Å². The molecule has 1 aromatic heterocycles. The van der Waals surface area contributed by atoms with Gasteiger partial charge in [0.15, 0.2) is 5.03 Å². The van der Waals surface area contributed by atoms with Gasteiger partial charge in [-0.2, -0.15) is 5.10 Å². The third kappa shape index (κ3) is 2.89. The predicted molar refractivity (Wildman–Crippen MR) is 94.2 cm³/mol. The van der Waals surface area contributed by atoms with Crippen LogP contribution in [0.25, 0.3) is 0 Å². The highest BCUT2D eigenvalue weighted by Crippen LogP contribution is 2.63. The van der Waals surface area contributed by atoms with Gasteiger partial charge in [-0.25, -0.2) is 13.1 Å². The monoisotopic (exact) mass is 347 g/mol. The number of aromatic nitrogens is 2. The highest BCUT2D eigenvalue weighted by molar-refractivity contribution is 7.89. The minimum absolute atomic E-state index is 0.0839. The van der Waals surface area contributed by atoms with Crippen LogP contribution in [0.4, 0.5) is 0 Å². The van der Waals surface area contributed by atoms with Crippen LogP contribution in [0, 0.1) is 5.41 Å². The van der Waals surface area contributed by atoms with E-state index < -0.39 is 10.0 Å². The summed E-state index contributed by atoms with van der Waals surface area (Å²) in [6.45, 7) is 7.39. The van der Waals surface area contributed by atoms with Crippen molar-refractivity contribution in [2.24, 2.45) is 5.41 Å². The van der Waals surface area contributed by atoms with Crippen LogP contribution in [0.5, 0.6) is 0 Å². The predicted octanol–water partition coefficient (Wildman–Crippen LogP) is 2.94. The van der Waals surface area contributed by atoms with E-state index in [0.29, 0.717) is 13.1 Å². The van der Waals surface area contributed by atoms with Crippen molar-refractivity contribution >= 4 is 10.0 Å². The lowest BCUT2D eigenvalue weighted by Crippen LogP contribution is -2.35. The van der Waals surface area contributed by atoms with Gasteiger partial charge in [-0.1, -0.05) is 51.1 Å². The Morgan fingerprint density at radius 3 is 2.46 bits per heavy atom. The fourth-order valence-corrected chi connectivity index (χ4v) is 4.82. The summed E-state index contributed by atoms with van der Waals surface area (Å²) in [4.78, 5) is 0. The molecule has 0 amide bonds. The molecule has 0 bridgehead atoms. The molecule has 1 aliphatic rings. The van der Waals surface area contributed by atoms with E-state index in [4.69, 9.17) is 0 Å². The molecule has 0 unspecified atom stereocenters. The van der Waals surface area contributed by atoms with E-state index in [1.807, 2.05) is 25.1 Å². The molecule has 6 heteroatoms. The molecule has 0 saturated heterocycles. The minimum Gasteiger partial charge on any atom is -0.253 e. The Labute approximate surface area is 144 Å². The van der Waals surface area contributed by atoms with Crippen LogP contribution in [0.2, 0.25) is 0 Å². The van der Waals surface area contributed by atoms with Crippen molar-refractivity contribution in [2.75, 3.05) is 6.54 Å². The van der Waals surface area contributed by atoms with Crippen LogP contribution < -0.4 is 4.72 Å². The molecule has 0 radical (unpaired) electrons. The van der Waals surface area contributed by atoms with Gasteiger partial charge in [-0.15, -0.1) is 0 Å². The maximum Gasteiger partial charge on any atom is 0.257 e. The number of sulfonamides is 1. The van der Waals surface area contributed by atoms with Crippen LogP contribution >= 0.6 is 0 Å². The van der Waals surface area contributed by atoms with Gasteiger partial charge >= 0.3 is 0 Å². The lowest BCUT2D eigenvalue weighted by Gasteiger charge is -2.22. The van der Waals surface area contributed by atoms with Crippen molar-refractivity contribution < 1.29 is 8.42 Å². The SMILES string of the molecule is CCCn1nccc1S(=O)(=O)NC[C@@]1(c2ccccc2)CC1(C)C. The van der Waals surface area contributed by atoms with Crippen molar-refractivity contribution in [2.45, 2.75) is 50.6 Å². The standard InChI is InChI=1S/C18H25N3O2S/c1-4-12-21-16(10-11-19-21)24(22,23)20-14-18(13-17(18,2)3)15-8-6-5-7-9-15/h5-11,20H,4,12-14H2,1-3H3/t18-/m1/s1. The van der Waals surface area contributed by atoms with Gasteiger partial charge in [0, 0.05) is 18.5 Å². The fourth-order valence-electron chi connectivity index (χ4n) is 3.58. The molecule has 130 valence electrons. The van der Waals surface area contributed by atoms with Crippen LogP contribution in [0.1, 0.15) is 39.2 Å². The van der Waals surface area contributed by atoms with E-state index in [-0.39, 0.29) is 15.9 Å². The van der Waals surface area contributed by atoms with Crippen LogP contribution in [-0.4, -0.2) is 24.7 Å². The third-order valence-corrected chi connectivity index (χ3v) is 6.61. The highest BCUT2D eigenvalue weighted by atomic mass is 32.2. The van der Waals surface area contributed by atoms with Crippen molar-refractivity contribution in [3.63, 3.8) is 0 Å². The van der Waals surface area contributed by atoms with E-state index in [9.17, 15) is 8.42 Å². The summed E-state index contributed by atoms with van der Waals surface area (Å²) in [6.07, 6.45) is 3.35. The first kappa shape index (κ1) is 17.2. The summed E-state index contributed by atoms with van der Waals surface area (Å²) >= 11 is 0. The summed E-state index contributed by atoms with van der Waals surface area (Å²) in [7, 11) is -3.57. The average Bonchev–Trinajstić information content (AvgIpc) is 2.88. The Hall–Kier alpha value is -1.66. The molecule has 3 rings (SSSR count). The number of benzene rings is 1. The van der Waals surface area contributed by atoms with Gasteiger partial charge < -0.3 is 0 Å². The third-order valence-electron chi connectivity index (χ3n) is 5.19. The second-order valence-electron chi connectivity index (χ2n) is 7.23. The first-order valence-corrected chi connectivity index (χ1v) is 9.88. The molecule has 0 spiro atoms. The molecule has 1 aliphatic carbocycles. The van der Waals surface area contributed by atoms with Gasteiger partial charge in [-0.05, 0) is 29.9 Å². The molecular weight excluding hydrogens is 322 g/mol. The van der Waals surface area contributed by atoms with Gasteiger partial charge in [0.2, 0.25) is 0 Å². The van der Waals surface area contributed by atoms with E-state index in [2.05, 4.69) is 35.8 Å². The maximum atomic E-state index is 12.7. The van der Waals surface area contributed by atoms with Gasteiger partial charge in [0.25, 0.3) is 10.0 Å². The van der Waals surface area contributed by atoms with Crippen molar-refractivity contribution in [1.29, 1.82) is 0 Å². The second-order valence-corrected chi connectivity index (χ2v) is 8.94. The first-order chi connectivity index (χ1) is 11.3. The number of nitrogens with one attached hydrogen (secondary N) is 1. The average molecular weight is 347 g/mol. The molecule has 1 fully saturated rings. The maximum absolute atomic E-state index is 12.7.